The first-order valence-corrected chi connectivity index (χ1v) is 12.1. The van der Waals surface area contributed by atoms with E-state index >= 15 is 0 Å². The Labute approximate surface area is 205 Å². The van der Waals surface area contributed by atoms with Gasteiger partial charge in [-0.25, -0.2) is 4.79 Å². The van der Waals surface area contributed by atoms with Crippen LogP contribution in [0, 0.1) is 5.92 Å². The molecule has 180 valence electrons. The van der Waals surface area contributed by atoms with E-state index in [0.717, 1.165) is 24.0 Å². The van der Waals surface area contributed by atoms with Crippen molar-refractivity contribution in [3.8, 4) is 0 Å². The fourth-order valence-electron chi connectivity index (χ4n) is 4.14. The van der Waals surface area contributed by atoms with E-state index in [-0.39, 0.29) is 24.3 Å². The summed E-state index contributed by atoms with van der Waals surface area (Å²) >= 11 is 6.11. The lowest BCUT2D eigenvalue weighted by molar-refractivity contribution is -0.114. The molecule has 7 heteroatoms. The predicted octanol–water partition coefficient (Wildman–Crippen LogP) is 5.64. The van der Waals surface area contributed by atoms with Crippen LogP contribution in [0.5, 0.6) is 0 Å². The van der Waals surface area contributed by atoms with Crippen molar-refractivity contribution in [1.82, 2.24) is 4.90 Å². The lowest BCUT2D eigenvalue weighted by Gasteiger charge is -2.30. The molecule has 2 aliphatic rings. The zero-order valence-corrected chi connectivity index (χ0v) is 20.6. The van der Waals surface area contributed by atoms with E-state index in [4.69, 9.17) is 21.2 Å². The second kappa shape index (κ2) is 10.2. The van der Waals surface area contributed by atoms with Gasteiger partial charge in [-0.05, 0) is 63.3 Å². The maximum absolute atomic E-state index is 13.9. The fraction of sp³-hybridized carbons (Fsp3) is 0.444. The number of ketones is 1. The second-order valence-corrected chi connectivity index (χ2v) is 10.4. The topological polar surface area (TPSA) is 68.2 Å². The zero-order valence-electron chi connectivity index (χ0n) is 19.9. The Morgan fingerprint density at radius 2 is 1.79 bits per heavy atom. The van der Waals surface area contributed by atoms with Gasteiger partial charge in [-0.2, -0.15) is 0 Å². The summed E-state index contributed by atoms with van der Waals surface area (Å²) in [7, 11) is 0. The molecule has 1 saturated carbocycles. The van der Waals surface area contributed by atoms with Crippen molar-refractivity contribution in [3.05, 3.63) is 70.7 Å². The number of hydrogen-bond donors (Lipinski definition) is 0. The molecular formula is C27H31ClN2O4. The van der Waals surface area contributed by atoms with Gasteiger partial charge in [-0.15, -0.1) is 0 Å². The molecular weight excluding hydrogens is 452 g/mol. The molecule has 6 nitrogen and oxygen atoms in total. The Bertz CT molecular complexity index is 1040. The maximum Gasteiger partial charge on any atom is 0.410 e. The molecule has 4 rings (SSSR count). The number of amides is 1. The molecule has 2 aromatic rings. The van der Waals surface area contributed by atoms with E-state index < -0.39 is 17.6 Å². The van der Waals surface area contributed by atoms with Crippen molar-refractivity contribution in [2.45, 2.75) is 57.6 Å². The highest BCUT2D eigenvalue weighted by Crippen LogP contribution is 2.33. The zero-order chi connectivity index (χ0) is 24.3. The van der Waals surface area contributed by atoms with Crippen molar-refractivity contribution in [1.29, 1.82) is 0 Å². The summed E-state index contributed by atoms with van der Waals surface area (Å²) < 4.78 is 5.66. The third-order valence-corrected chi connectivity index (χ3v) is 6.24. The van der Waals surface area contributed by atoms with Crippen LogP contribution in [0.4, 0.5) is 4.79 Å². The number of benzene rings is 2. The molecule has 1 aliphatic heterocycles. The Balaban J connectivity index is 1.60. The first-order chi connectivity index (χ1) is 16.2. The Hall–Kier alpha value is -2.86. The molecule has 0 aromatic heterocycles. The molecule has 1 heterocycles. The molecule has 2 aromatic carbocycles. The van der Waals surface area contributed by atoms with Crippen molar-refractivity contribution in [2.75, 3.05) is 13.2 Å². The van der Waals surface area contributed by atoms with Crippen LogP contribution in [0.15, 0.2) is 59.8 Å². The van der Waals surface area contributed by atoms with Crippen molar-refractivity contribution >= 4 is 29.2 Å². The third-order valence-electron chi connectivity index (χ3n) is 5.99. The van der Waals surface area contributed by atoms with Crippen LogP contribution in [0.25, 0.3) is 0 Å². The van der Waals surface area contributed by atoms with Gasteiger partial charge < -0.3 is 14.5 Å². The SMILES string of the molecule is CC(C)(C)OC(=O)N(C[C@@H](C(=O)C1=NOC[C@@H]1Cc1ccccc1)c1ccc(Cl)cc1)C1CC1. The Morgan fingerprint density at radius 1 is 1.12 bits per heavy atom. The van der Waals surface area contributed by atoms with Gasteiger partial charge in [-0.3, -0.25) is 4.79 Å². The van der Waals surface area contributed by atoms with Crippen LogP contribution in [0.1, 0.15) is 50.7 Å². The van der Waals surface area contributed by atoms with Gasteiger partial charge in [-0.1, -0.05) is 59.2 Å². The number of nitrogens with zero attached hydrogens (tertiary/aromatic N) is 2. The van der Waals surface area contributed by atoms with E-state index in [9.17, 15) is 9.59 Å². The Morgan fingerprint density at radius 3 is 2.41 bits per heavy atom. The van der Waals surface area contributed by atoms with E-state index in [1.165, 1.54) is 0 Å². The van der Waals surface area contributed by atoms with Gasteiger partial charge in [0, 0.05) is 23.5 Å². The van der Waals surface area contributed by atoms with Gasteiger partial charge >= 0.3 is 6.09 Å². The summed E-state index contributed by atoms with van der Waals surface area (Å²) in [6, 6.07) is 17.3. The summed E-state index contributed by atoms with van der Waals surface area (Å²) in [5.74, 6) is -0.861. The van der Waals surface area contributed by atoms with Gasteiger partial charge in [0.25, 0.3) is 0 Å². The molecule has 0 N–H and O–H groups in total. The first kappa shape index (κ1) is 24.3. The summed E-state index contributed by atoms with van der Waals surface area (Å²) in [5, 5.41) is 4.74. The lowest BCUT2D eigenvalue weighted by Crippen LogP contribution is -2.43. The van der Waals surface area contributed by atoms with Crippen LogP contribution >= 0.6 is 11.6 Å². The fourth-order valence-corrected chi connectivity index (χ4v) is 4.27. The number of carbonyl (C=O) groups excluding carboxylic acids is 2. The summed E-state index contributed by atoms with van der Waals surface area (Å²) in [5.41, 5.74) is 1.71. The average Bonchev–Trinajstić information content (AvgIpc) is 3.52. The standard InChI is InChI=1S/C27H31ClN2O4/c1-27(2,3)34-26(32)30(22-13-14-22)16-23(19-9-11-21(28)12-10-19)25(31)24-20(17-33-29-24)15-18-7-5-4-6-8-18/h4-12,20,22-23H,13-17H2,1-3H3/t20-,23+/m0/s1. The molecule has 0 radical (unpaired) electrons. The minimum absolute atomic E-state index is 0.0827. The van der Waals surface area contributed by atoms with Crippen LogP contribution in [0.3, 0.4) is 0 Å². The van der Waals surface area contributed by atoms with Crippen molar-refractivity contribution < 1.29 is 19.2 Å². The summed E-state index contributed by atoms with van der Waals surface area (Å²) in [4.78, 5) is 34.0. The quantitative estimate of drug-likeness (QED) is 0.488. The highest BCUT2D eigenvalue weighted by atomic mass is 35.5. The van der Waals surface area contributed by atoms with E-state index in [0.29, 0.717) is 23.8 Å². The number of carbonyl (C=O) groups is 2. The predicted molar refractivity (Wildman–Crippen MR) is 132 cm³/mol. The molecule has 0 spiro atoms. The molecule has 0 unspecified atom stereocenters. The molecule has 2 atom stereocenters. The number of Topliss-reactive ketones (excluding diaryl/α,β-unsaturated/α-hetero) is 1. The minimum Gasteiger partial charge on any atom is -0.444 e. The Kier molecular flexibility index (Phi) is 7.27. The van der Waals surface area contributed by atoms with Crippen LogP contribution in [-0.4, -0.2) is 47.3 Å². The first-order valence-electron chi connectivity index (χ1n) is 11.7. The molecule has 1 amide bonds. The number of oxime groups is 1. The van der Waals surface area contributed by atoms with Crippen molar-refractivity contribution in [3.63, 3.8) is 0 Å². The molecule has 1 fully saturated rings. The highest BCUT2D eigenvalue weighted by molar-refractivity contribution is 6.42. The van der Waals surface area contributed by atoms with Crippen LogP contribution in [0.2, 0.25) is 5.02 Å². The third kappa shape index (κ3) is 6.17. The number of ether oxygens (including phenoxy) is 1. The average molecular weight is 483 g/mol. The smallest absolute Gasteiger partial charge is 0.410 e. The van der Waals surface area contributed by atoms with Gasteiger partial charge in [0.05, 0.1) is 5.92 Å². The minimum atomic E-state index is -0.617. The van der Waals surface area contributed by atoms with Gasteiger partial charge in [0.2, 0.25) is 0 Å². The largest absolute Gasteiger partial charge is 0.444 e. The normalized spacial score (nSPS) is 18.6. The highest BCUT2D eigenvalue weighted by Gasteiger charge is 2.41. The van der Waals surface area contributed by atoms with E-state index in [1.807, 2.05) is 63.2 Å². The molecule has 0 bridgehead atoms. The maximum atomic E-state index is 13.9. The lowest BCUT2D eigenvalue weighted by atomic mass is 9.85. The number of halogens is 1. The molecule has 1 aliphatic carbocycles. The van der Waals surface area contributed by atoms with E-state index in [1.54, 1.807) is 17.0 Å². The van der Waals surface area contributed by atoms with Gasteiger partial charge in [0.15, 0.2) is 5.78 Å². The monoisotopic (exact) mass is 482 g/mol. The van der Waals surface area contributed by atoms with Crippen LogP contribution in [-0.2, 0) is 20.8 Å². The molecule has 0 saturated heterocycles. The van der Waals surface area contributed by atoms with E-state index in [2.05, 4.69) is 5.16 Å². The number of hydrogen-bond acceptors (Lipinski definition) is 5. The summed E-state index contributed by atoms with van der Waals surface area (Å²) in [6.45, 7) is 6.11. The molecule has 34 heavy (non-hydrogen) atoms. The van der Waals surface area contributed by atoms with Crippen LogP contribution < -0.4 is 0 Å². The second-order valence-electron chi connectivity index (χ2n) is 9.99. The van der Waals surface area contributed by atoms with Crippen molar-refractivity contribution in [2.24, 2.45) is 11.1 Å². The summed E-state index contributed by atoms with van der Waals surface area (Å²) in [6.07, 6.45) is 2.08. The van der Waals surface area contributed by atoms with Gasteiger partial charge in [0.1, 0.15) is 17.9 Å². The number of rotatable bonds is 8.